The average molecular weight is 586 g/mol. The maximum Gasteiger partial charge on any atom is 0.416 e. The van der Waals surface area contributed by atoms with Gasteiger partial charge in [0.1, 0.15) is 11.9 Å². The van der Waals surface area contributed by atoms with Gasteiger partial charge in [-0.25, -0.2) is 4.68 Å². The van der Waals surface area contributed by atoms with Crippen molar-refractivity contribution in [3.05, 3.63) is 107 Å². The molecule has 3 amide bonds. The van der Waals surface area contributed by atoms with Crippen LogP contribution in [0.2, 0.25) is 0 Å². The highest BCUT2D eigenvalue weighted by Crippen LogP contribution is 2.43. The van der Waals surface area contributed by atoms with Gasteiger partial charge >= 0.3 is 6.18 Å². The van der Waals surface area contributed by atoms with E-state index in [9.17, 15) is 27.6 Å². The van der Waals surface area contributed by atoms with E-state index in [1.54, 1.807) is 42.1 Å². The molecule has 218 valence electrons. The number of rotatable bonds is 6. The van der Waals surface area contributed by atoms with Crippen molar-refractivity contribution >= 4 is 29.2 Å². The van der Waals surface area contributed by atoms with Crippen LogP contribution in [0.1, 0.15) is 46.8 Å². The second-order valence-electron chi connectivity index (χ2n) is 9.68. The minimum atomic E-state index is -4.65. The number of anilines is 2. The number of carbonyl (C=O) groups is 3. The number of aromatic nitrogens is 2. The van der Waals surface area contributed by atoms with E-state index in [1.165, 1.54) is 17.9 Å². The molecular weight excluding hydrogens is 559 g/mol. The molecule has 2 heterocycles. The standard InChI is InChI=1S/C32H26F3N5O3/c1-3-11-26(41)37-25-17-9-8-16-23(25)27-24-19-36-40(22-14-6-5-7-15-22)30(24)39(4-2)31(43)28(27)38-29(42)20-12-10-13-21(18-20)32(33,34)35/h5-10,12-19,27-28H,4H2,1-2H3,(H,37,41)(H,38,42)/t27-,28+/m0/s1. The summed E-state index contributed by atoms with van der Waals surface area (Å²) in [6.07, 6.45) is -3.06. The fraction of sp³-hybridized carbons (Fsp3) is 0.188. The Morgan fingerprint density at radius 2 is 1.70 bits per heavy atom. The number of carbonyl (C=O) groups excluding carboxylic acids is 3. The predicted octanol–water partition coefficient (Wildman–Crippen LogP) is 5.15. The largest absolute Gasteiger partial charge is 0.416 e. The lowest BCUT2D eigenvalue weighted by Gasteiger charge is -2.38. The minimum Gasteiger partial charge on any atom is -0.339 e. The molecule has 3 aromatic carbocycles. The van der Waals surface area contributed by atoms with Crippen molar-refractivity contribution in [2.75, 3.05) is 16.8 Å². The average Bonchev–Trinajstić information content (AvgIpc) is 3.43. The fourth-order valence-electron chi connectivity index (χ4n) is 5.20. The van der Waals surface area contributed by atoms with Crippen LogP contribution in [-0.4, -0.2) is 40.1 Å². The highest BCUT2D eigenvalue weighted by molar-refractivity contribution is 6.07. The lowest BCUT2D eigenvalue weighted by molar-refractivity contribution is -0.137. The van der Waals surface area contributed by atoms with E-state index in [0.717, 1.165) is 18.2 Å². The van der Waals surface area contributed by atoms with Gasteiger partial charge in [0, 0.05) is 29.3 Å². The summed E-state index contributed by atoms with van der Waals surface area (Å²) < 4.78 is 41.8. The SMILES string of the molecule is CC#CC(=O)Nc1ccccc1[C@H]1c2cnn(-c3ccccc3)c2N(CC)C(=O)[C@@H]1NC(=O)c1cccc(C(F)(F)F)c1. The molecule has 11 heteroatoms. The summed E-state index contributed by atoms with van der Waals surface area (Å²) in [5, 5.41) is 10.0. The normalized spacial score (nSPS) is 16.1. The second-order valence-corrected chi connectivity index (χ2v) is 9.68. The monoisotopic (exact) mass is 585 g/mol. The number of amides is 3. The van der Waals surface area contributed by atoms with Crippen LogP contribution in [-0.2, 0) is 15.8 Å². The van der Waals surface area contributed by atoms with E-state index in [0.29, 0.717) is 28.3 Å². The predicted molar refractivity (Wildman–Crippen MR) is 155 cm³/mol. The molecule has 0 spiro atoms. The fourth-order valence-corrected chi connectivity index (χ4v) is 5.20. The Labute approximate surface area is 245 Å². The Bertz CT molecular complexity index is 1760. The highest BCUT2D eigenvalue weighted by Gasteiger charge is 2.45. The first-order valence-corrected chi connectivity index (χ1v) is 13.4. The Hall–Kier alpha value is -5.37. The van der Waals surface area contributed by atoms with E-state index in [4.69, 9.17) is 0 Å². The number of alkyl halides is 3. The molecule has 0 radical (unpaired) electrons. The summed E-state index contributed by atoms with van der Waals surface area (Å²) in [6.45, 7) is 3.51. The summed E-state index contributed by atoms with van der Waals surface area (Å²) >= 11 is 0. The molecule has 0 saturated heterocycles. The molecule has 0 saturated carbocycles. The number of halogens is 3. The van der Waals surface area contributed by atoms with Crippen LogP contribution in [0.5, 0.6) is 0 Å². The maximum absolute atomic E-state index is 14.2. The first-order chi connectivity index (χ1) is 20.6. The number of nitrogens with one attached hydrogen (secondary N) is 2. The summed E-state index contributed by atoms with van der Waals surface area (Å²) in [5.41, 5.74) is 0.868. The van der Waals surface area contributed by atoms with Crippen LogP contribution in [0.4, 0.5) is 24.7 Å². The topological polar surface area (TPSA) is 96.3 Å². The molecule has 43 heavy (non-hydrogen) atoms. The van der Waals surface area contributed by atoms with Gasteiger partial charge < -0.3 is 10.6 Å². The number of para-hydroxylation sites is 2. The molecule has 4 aromatic rings. The molecule has 8 nitrogen and oxygen atoms in total. The molecule has 0 bridgehead atoms. The molecule has 0 unspecified atom stereocenters. The number of fused-ring (bicyclic) bond motifs is 1. The molecule has 5 rings (SSSR count). The van der Waals surface area contributed by atoms with Crippen molar-refractivity contribution in [3.63, 3.8) is 0 Å². The van der Waals surface area contributed by atoms with Crippen LogP contribution in [0.25, 0.3) is 5.69 Å². The van der Waals surface area contributed by atoms with Gasteiger partial charge in [-0.1, -0.05) is 48.4 Å². The summed E-state index contributed by atoms with van der Waals surface area (Å²) in [6, 6.07) is 18.7. The molecular formula is C32H26F3N5O3. The van der Waals surface area contributed by atoms with E-state index in [2.05, 4.69) is 27.6 Å². The number of nitrogens with zero attached hydrogens (tertiary/aromatic N) is 3. The van der Waals surface area contributed by atoms with Crippen LogP contribution < -0.4 is 15.5 Å². The lowest BCUT2D eigenvalue weighted by Crippen LogP contribution is -2.55. The zero-order valence-electron chi connectivity index (χ0n) is 23.1. The molecule has 2 atom stereocenters. The van der Waals surface area contributed by atoms with Crippen molar-refractivity contribution in [1.29, 1.82) is 0 Å². The van der Waals surface area contributed by atoms with Gasteiger partial charge in [-0.15, -0.1) is 0 Å². The summed E-state index contributed by atoms with van der Waals surface area (Å²) in [5.74, 6) is 2.64. The molecule has 1 aliphatic heterocycles. The Kier molecular flexibility index (Phi) is 8.03. The quantitative estimate of drug-likeness (QED) is 0.306. The van der Waals surface area contributed by atoms with Gasteiger partial charge in [-0.05, 0) is 61.7 Å². The molecule has 1 aromatic heterocycles. The third-order valence-corrected chi connectivity index (χ3v) is 7.07. The molecule has 1 aliphatic rings. The van der Waals surface area contributed by atoms with Crippen molar-refractivity contribution in [3.8, 4) is 17.5 Å². The highest BCUT2D eigenvalue weighted by atomic mass is 19.4. The van der Waals surface area contributed by atoms with Crippen LogP contribution in [0.3, 0.4) is 0 Å². The number of likely N-dealkylation sites (N-methyl/N-ethyl adjacent to an activating group) is 1. The van der Waals surface area contributed by atoms with E-state index >= 15 is 0 Å². The number of hydrogen-bond donors (Lipinski definition) is 2. The van der Waals surface area contributed by atoms with E-state index in [-0.39, 0.29) is 12.1 Å². The first kappa shape index (κ1) is 29.1. The summed E-state index contributed by atoms with van der Waals surface area (Å²) in [7, 11) is 0. The van der Waals surface area contributed by atoms with Crippen molar-refractivity contribution in [1.82, 2.24) is 15.1 Å². The maximum atomic E-state index is 14.2. The van der Waals surface area contributed by atoms with Crippen LogP contribution in [0, 0.1) is 11.8 Å². The third kappa shape index (κ3) is 5.72. The van der Waals surface area contributed by atoms with E-state index in [1.807, 2.05) is 30.3 Å². The Balaban J connectivity index is 1.66. The Morgan fingerprint density at radius 1 is 0.977 bits per heavy atom. The minimum absolute atomic E-state index is 0.220. The van der Waals surface area contributed by atoms with Gasteiger partial charge in [-0.2, -0.15) is 18.3 Å². The van der Waals surface area contributed by atoms with Gasteiger partial charge in [0.25, 0.3) is 17.7 Å². The first-order valence-electron chi connectivity index (χ1n) is 13.4. The van der Waals surface area contributed by atoms with Crippen molar-refractivity contribution < 1.29 is 27.6 Å². The van der Waals surface area contributed by atoms with Gasteiger partial charge in [-0.3, -0.25) is 19.3 Å². The zero-order chi connectivity index (χ0) is 30.7. The molecule has 2 N–H and O–H groups in total. The van der Waals surface area contributed by atoms with E-state index < -0.39 is 41.4 Å². The van der Waals surface area contributed by atoms with Crippen LogP contribution in [0.15, 0.2) is 85.1 Å². The van der Waals surface area contributed by atoms with Gasteiger partial charge in [0.15, 0.2) is 0 Å². The second kappa shape index (κ2) is 11.9. The lowest BCUT2D eigenvalue weighted by atomic mass is 9.81. The van der Waals surface area contributed by atoms with Crippen molar-refractivity contribution in [2.45, 2.75) is 32.0 Å². The number of benzene rings is 3. The zero-order valence-corrected chi connectivity index (χ0v) is 23.1. The smallest absolute Gasteiger partial charge is 0.339 e. The van der Waals surface area contributed by atoms with Gasteiger partial charge in [0.05, 0.1) is 17.4 Å². The van der Waals surface area contributed by atoms with Gasteiger partial charge in [0.2, 0.25) is 0 Å². The number of hydrogen-bond acceptors (Lipinski definition) is 4. The molecule has 0 aliphatic carbocycles. The summed E-state index contributed by atoms with van der Waals surface area (Å²) in [4.78, 5) is 41.6. The van der Waals surface area contributed by atoms with Crippen LogP contribution >= 0.6 is 0 Å². The molecule has 0 fully saturated rings. The third-order valence-electron chi connectivity index (χ3n) is 7.07. The van der Waals surface area contributed by atoms with Crippen molar-refractivity contribution in [2.24, 2.45) is 0 Å². The Morgan fingerprint density at radius 3 is 2.40 bits per heavy atom.